The van der Waals surface area contributed by atoms with Gasteiger partial charge in [-0.15, -0.1) is 0 Å². The van der Waals surface area contributed by atoms with Crippen molar-refractivity contribution in [2.75, 3.05) is 26.2 Å². The lowest BCUT2D eigenvalue weighted by molar-refractivity contribution is -0.655. The van der Waals surface area contributed by atoms with E-state index >= 15 is 0 Å². The predicted molar refractivity (Wildman–Crippen MR) is 87.0 cm³/mol. The molecule has 1 fully saturated rings. The normalized spacial score (nSPS) is 16.5. The van der Waals surface area contributed by atoms with Crippen LogP contribution in [0.15, 0.2) is 18.2 Å². The van der Waals surface area contributed by atoms with Crippen molar-refractivity contribution in [2.45, 2.75) is 32.7 Å². The summed E-state index contributed by atoms with van der Waals surface area (Å²) in [6.45, 7) is 7.23. The van der Waals surface area contributed by atoms with Crippen LogP contribution in [0.25, 0.3) is 11.0 Å². The molecule has 1 aliphatic rings. The molecule has 0 radical (unpaired) electrons. The number of rotatable bonds is 5. The number of fused-ring (bicyclic) bond motifs is 1. The Hall–Kier alpha value is -1.59. The number of piperidine rings is 1. The zero-order valence-electron chi connectivity index (χ0n) is 13.7. The number of imidazole rings is 1. The fraction of sp³-hybridized carbons (Fsp3) is 0.588. The Bertz CT molecular complexity index is 644. The summed E-state index contributed by atoms with van der Waals surface area (Å²) in [5.41, 5.74) is 3.08. The molecular weight excluding hydrogens is 276 g/mol. The molecule has 0 spiro atoms. The van der Waals surface area contributed by atoms with Crippen LogP contribution in [-0.4, -0.2) is 41.0 Å². The van der Waals surface area contributed by atoms with Gasteiger partial charge in [-0.1, -0.05) is 12.5 Å². The Morgan fingerprint density at radius 3 is 2.77 bits per heavy atom. The number of hydrogen-bond donors (Lipinski definition) is 2. The van der Waals surface area contributed by atoms with Gasteiger partial charge >= 0.3 is 5.82 Å². The van der Waals surface area contributed by atoms with E-state index < -0.39 is 0 Å². The van der Waals surface area contributed by atoms with Crippen LogP contribution in [0.4, 0.5) is 0 Å². The molecule has 120 valence electrons. The fourth-order valence-electron chi connectivity index (χ4n) is 3.32. The quantitative estimate of drug-likeness (QED) is 0.501. The van der Waals surface area contributed by atoms with Gasteiger partial charge in [0, 0.05) is 13.1 Å². The average molecular weight is 303 g/mol. The Morgan fingerprint density at radius 1 is 1.23 bits per heavy atom. The minimum Gasteiger partial charge on any atom is -0.349 e. The summed E-state index contributed by atoms with van der Waals surface area (Å²) in [5, 5.41) is 13.9. The predicted octanol–water partition coefficient (Wildman–Crippen LogP) is 1.59. The van der Waals surface area contributed by atoms with Crippen molar-refractivity contribution in [3.63, 3.8) is 0 Å². The lowest BCUT2D eigenvalue weighted by atomic mass is 10.1. The lowest BCUT2D eigenvalue weighted by Crippen LogP contribution is -2.39. The second-order valence-corrected chi connectivity index (χ2v) is 6.36. The van der Waals surface area contributed by atoms with E-state index in [-0.39, 0.29) is 0 Å². The van der Waals surface area contributed by atoms with Crippen LogP contribution in [0.3, 0.4) is 0 Å². The highest BCUT2D eigenvalue weighted by Crippen LogP contribution is 2.14. The maximum atomic E-state index is 10.4. The highest BCUT2D eigenvalue weighted by molar-refractivity contribution is 5.72. The Labute approximate surface area is 132 Å². The van der Waals surface area contributed by atoms with Crippen LogP contribution in [0, 0.1) is 6.92 Å². The van der Waals surface area contributed by atoms with Crippen LogP contribution >= 0.6 is 0 Å². The molecule has 0 amide bonds. The van der Waals surface area contributed by atoms with E-state index in [0.717, 1.165) is 35.5 Å². The summed E-state index contributed by atoms with van der Waals surface area (Å²) < 4.78 is 3.37. The third kappa shape index (κ3) is 3.10. The van der Waals surface area contributed by atoms with Gasteiger partial charge in [0.2, 0.25) is 5.52 Å². The van der Waals surface area contributed by atoms with E-state index in [0.29, 0.717) is 6.54 Å². The molecule has 2 N–H and O–H groups in total. The van der Waals surface area contributed by atoms with Crippen molar-refractivity contribution < 1.29 is 9.77 Å². The maximum Gasteiger partial charge on any atom is 0.311 e. The third-order valence-electron chi connectivity index (χ3n) is 4.69. The van der Waals surface area contributed by atoms with Gasteiger partial charge in [0.05, 0.1) is 7.05 Å². The molecule has 2 heterocycles. The van der Waals surface area contributed by atoms with E-state index in [1.165, 1.54) is 37.1 Å². The number of nitrogens with one attached hydrogen (secondary N) is 1. The standard InChI is InChI=1S/C17H27N4O/c1-14-6-7-15-16(12-14)21(22)17(19(15)2)13-18-8-11-20-9-4-3-5-10-20/h6-7,12,18,22H,3-5,8-11,13H2,1-2H3/q+1. The number of likely N-dealkylation sites (tertiary alicyclic amines) is 1. The van der Waals surface area contributed by atoms with Gasteiger partial charge in [-0.05, 0) is 55.3 Å². The topological polar surface area (TPSA) is 44.3 Å². The monoisotopic (exact) mass is 303 g/mol. The molecule has 0 unspecified atom stereocenters. The largest absolute Gasteiger partial charge is 0.349 e. The Morgan fingerprint density at radius 2 is 2.00 bits per heavy atom. The van der Waals surface area contributed by atoms with E-state index in [2.05, 4.69) is 26.9 Å². The van der Waals surface area contributed by atoms with Crippen LogP contribution in [-0.2, 0) is 13.6 Å². The van der Waals surface area contributed by atoms with Crippen molar-refractivity contribution in [3.05, 3.63) is 29.6 Å². The molecule has 0 saturated carbocycles. The van der Waals surface area contributed by atoms with Crippen LogP contribution in [0.2, 0.25) is 0 Å². The molecule has 5 nitrogen and oxygen atoms in total. The molecule has 0 aliphatic carbocycles. The minimum absolute atomic E-state index is 0.675. The summed E-state index contributed by atoms with van der Waals surface area (Å²) >= 11 is 0. The first kappa shape index (κ1) is 15.3. The molecule has 0 bridgehead atoms. The number of benzene rings is 1. The van der Waals surface area contributed by atoms with Crippen LogP contribution < -0.4 is 9.88 Å². The Balaban J connectivity index is 1.61. The molecule has 2 aromatic rings. The summed E-state index contributed by atoms with van der Waals surface area (Å²) in [6.07, 6.45) is 4.04. The van der Waals surface area contributed by atoms with E-state index in [9.17, 15) is 5.21 Å². The zero-order valence-corrected chi connectivity index (χ0v) is 13.7. The van der Waals surface area contributed by atoms with Gasteiger partial charge in [-0.25, -0.2) is 4.57 Å². The van der Waals surface area contributed by atoms with Gasteiger partial charge in [0.25, 0.3) is 0 Å². The number of nitrogens with zero attached hydrogens (tertiary/aromatic N) is 3. The first-order chi connectivity index (χ1) is 10.7. The van der Waals surface area contributed by atoms with E-state index in [4.69, 9.17) is 0 Å². The van der Waals surface area contributed by atoms with Gasteiger partial charge in [0.1, 0.15) is 6.54 Å². The van der Waals surface area contributed by atoms with E-state index in [1.807, 2.05) is 20.0 Å². The molecule has 5 heteroatoms. The molecule has 22 heavy (non-hydrogen) atoms. The van der Waals surface area contributed by atoms with E-state index in [1.54, 1.807) is 0 Å². The summed E-state index contributed by atoms with van der Waals surface area (Å²) in [7, 11) is 2.01. The average Bonchev–Trinajstić information content (AvgIpc) is 2.76. The number of aryl methyl sites for hydroxylation is 2. The molecule has 3 rings (SSSR count). The zero-order chi connectivity index (χ0) is 15.5. The smallest absolute Gasteiger partial charge is 0.311 e. The van der Waals surface area contributed by atoms with Crippen molar-refractivity contribution >= 4 is 11.0 Å². The van der Waals surface area contributed by atoms with Crippen molar-refractivity contribution in [1.29, 1.82) is 0 Å². The first-order valence-electron chi connectivity index (χ1n) is 8.29. The number of aromatic nitrogens is 2. The highest BCUT2D eigenvalue weighted by atomic mass is 16.5. The van der Waals surface area contributed by atoms with Crippen molar-refractivity contribution in [1.82, 2.24) is 14.9 Å². The maximum absolute atomic E-state index is 10.4. The van der Waals surface area contributed by atoms with Crippen molar-refractivity contribution in [2.24, 2.45) is 7.05 Å². The minimum atomic E-state index is 0.675. The lowest BCUT2D eigenvalue weighted by Gasteiger charge is -2.26. The van der Waals surface area contributed by atoms with Gasteiger partial charge in [-0.3, -0.25) is 0 Å². The molecular formula is C17H27N4O+. The SMILES string of the molecule is Cc1ccc2c(c1)n(O)c(CNCCN1CCCCC1)[n+]2C. The molecule has 1 saturated heterocycles. The third-order valence-corrected chi connectivity index (χ3v) is 4.69. The summed E-state index contributed by atoms with van der Waals surface area (Å²) in [5.74, 6) is 0.888. The van der Waals surface area contributed by atoms with Gasteiger partial charge < -0.3 is 15.4 Å². The number of hydrogen-bond acceptors (Lipinski definition) is 3. The molecule has 0 atom stereocenters. The van der Waals surface area contributed by atoms with Crippen LogP contribution in [0.5, 0.6) is 0 Å². The molecule has 1 aromatic heterocycles. The summed E-state index contributed by atoms with van der Waals surface area (Å²) in [4.78, 5) is 2.52. The second kappa shape index (κ2) is 6.67. The highest BCUT2D eigenvalue weighted by Gasteiger charge is 2.22. The van der Waals surface area contributed by atoms with Crippen molar-refractivity contribution in [3.8, 4) is 0 Å². The molecule has 1 aromatic carbocycles. The Kier molecular flexibility index (Phi) is 4.64. The van der Waals surface area contributed by atoms with Gasteiger partial charge in [-0.2, -0.15) is 0 Å². The second-order valence-electron chi connectivity index (χ2n) is 6.36. The first-order valence-corrected chi connectivity index (χ1v) is 8.29. The fourth-order valence-corrected chi connectivity index (χ4v) is 3.32. The molecule has 1 aliphatic heterocycles. The summed E-state index contributed by atoms with van der Waals surface area (Å²) in [6, 6.07) is 6.16. The van der Waals surface area contributed by atoms with Crippen LogP contribution in [0.1, 0.15) is 30.7 Å². The van der Waals surface area contributed by atoms with Gasteiger partial charge in [0.15, 0.2) is 5.52 Å².